The number of aryl methyl sites for hydroxylation is 1. The second-order valence-electron chi connectivity index (χ2n) is 4.01. The van der Waals surface area contributed by atoms with Gasteiger partial charge in [-0.1, -0.05) is 21.8 Å². The number of aromatic nitrogens is 5. The number of carbonyl (C=O) groups excluding carboxylic acids is 1. The zero-order chi connectivity index (χ0) is 13.9. The van der Waals surface area contributed by atoms with Crippen LogP contribution in [-0.4, -0.2) is 30.5 Å². The predicted octanol–water partition coefficient (Wildman–Crippen LogP) is 1.68. The molecule has 1 amide bonds. The summed E-state index contributed by atoms with van der Waals surface area (Å²) in [6.07, 6.45) is 3.29. The number of hydrogen-bond acceptors (Lipinski definition) is 6. The van der Waals surface area contributed by atoms with Crippen LogP contribution in [0.4, 0.5) is 5.69 Å². The van der Waals surface area contributed by atoms with Crippen LogP contribution in [0.2, 0.25) is 0 Å². The first kappa shape index (κ1) is 12.4. The fourth-order valence-electron chi connectivity index (χ4n) is 1.73. The normalized spacial score (nSPS) is 10.4. The van der Waals surface area contributed by atoms with Crippen molar-refractivity contribution in [2.24, 2.45) is 0 Å². The lowest BCUT2D eigenvalue weighted by atomic mass is 10.2. The van der Waals surface area contributed by atoms with Crippen molar-refractivity contribution in [1.82, 2.24) is 24.6 Å². The number of nitrogens with one attached hydrogen (secondary N) is 1. The average molecular weight is 286 g/mol. The van der Waals surface area contributed by atoms with Crippen LogP contribution in [0.1, 0.15) is 15.4 Å². The molecule has 2 aromatic heterocycles. The van der Waals surface area contributed by atoms with E-state index < -0.39 is 0 Å². The third-order valence-electron chi connectivity index (χ3n) is 2.68. The Morgan fingerprint density at radius 2 is 2.20 bits per heavy atom. The molecule has 0 spiro atoms. The molecule has 0 unspecified atom stereocenters. The molecule has 1 N–H and O–H groups in total. The van der Waals surface area contributed by atoms with Crippen LogP contribution < -0.4 is 5.32 Å². The van der Waals surface area contributed by atoms with Gasteiger partial charge >= 0.3 is 0 Å². The van der Waals surface area contributed by atoms with Crippen molar-refractivity contribution < 1.29 is 4.79 Å². The summed E-state index contributed by atoms with van der Waals surface area (Å²) >= 11 is 1.07. The summed E-state index contributed by atoms with van der Waals surface area (Å²) in [5.74, 6) is -0.231. The van der Waals surface area contributed by atoms with Crippen LogP contribution >= 0.6 is 11.5 Å². The largest absolute Gasteiger partial charge is 0.319 e. The topological polar surface area (TPSA) is 85.6 Å². The van der Waals surface area contributed by atoms with E-state index in [2.05, 4.69) is 25.2 Å². The number of rotatable bonds is 3. The summed E-state index contributed by atoms with van der Waals surface area (Å²) in [6.45, 7) is 1.75. The van der Waals surface area contributed by atoms with E-state index in [0.717, 1.165) is 17.2 Å². The molecule has 8 heteroatoms. The minimum Gasteiger partial charge on any atom is -0.319 e. The molecular weight excluding hydrogens is 276 g/mol. The fourth-order valence-corrected chi connectivity index (χ4v) is 2.29. The molecule has 3 aromatic rings. The van der Waals surface area contributed by atoms with Crippen LogP contribution in [0.5, 0.6) is 0 Å². The third kappa shape index (κ3) is 2.28. The Bertz CT molecular complexity index is 736. The zero-order valence-electron chi connectivity index (χ0n) is 10.5. The molecule has 0 atom stereocenters. The summed E-state index contributed by atoms with van der Waals surface area (Å²) in [7, 11) is 0. The third-order valence-corrected chi connectivity index (χ3v) is 3.51. The Morgan fingerprint density at radius 1 is 1.35 bits per heavy atom. The number of para-hydroxylation sites is 2. The highest BCUT2D eigenvalue weighted by Crippen LogP contribution is 2.20. The van der Waals surface area contributed by atoms with E-state index in [4.69, 9.17) is 0 Å². The van der Waals surface area contributed by atoms with Crippen molar-refractivity contribution in [1.29, 1.82) is 0 Å². The number of nitrogens with zero attached hydrogens (tertiary/aromatic N) is 5. The van der Waals surface area contributed by atoms with Crippen molar-refractivity contribution in [2.45, 2.75) is 6.92 Å². The summed E-state index contributed by atoms with van der Waals surface area (Å²) in [6, 6.07) is 7.36. The van der Waals surface area contributed by atoms with E-state index in [1.165, 1.54) is 0 Å². The summed E-state index contributed by atoms with van der Waals surface area (Å²) in [4.78, 5) is 12.7. The van der Waals surface area contributed by atoms with Gasteiger partial charge in [-0.25, -0.2) is 4.68 Å². The van der Waals surface area contributed by atoms with Crippen LogP contribution in [0.15, 0.2) is 36.7 Å². The Labute approximate surface area is 118 Å². The number of benzene rings is 1. The lowest BCUT2D eigenvalue weighted by molar-refractivity contribution is 0.103. The van der Waals surface area contributed by atoms with Gasteiger partial charge in [-0.3, -0.25) is 4.79 Å². The summed E-state index contributed by atoms with van der Waals surface area (Å²) < 4.78 is 5.35. The minimum absolute atomic E-state index is 0.231. The number of carbonyl (C=O) groups is 1. The molecule has 100 valence electrons. The SMILES string of the molecule is Cc1nnsc1C(=O)Nc1ccccc1-n1ccnn1. The van der Waals surface area contributed by atoms with Crippen LogP contribution in [0.3, 0.4) is 0 Å². The monoisotopic (exact) mass is 286 g/mol. The Kier molecular flexibility index (Phi) is 3.21. The first-order valence-electron chi connectivity index (χ1n) is 5.82. The Hall–Kier alpha value is -2.61. The molecule has 0 aliphatic heterocycles. The molecule has 3 rings (SSSR count). The highest BCUT2D eigenvalue weighted by molar-refractivity contribution is 7.08. The standard InChI is InChI=1S/C12H10N6OS/c1-8-11(20-17-15-8)12(19)14-9-4-2-3-5-10(9)18-7-6-13-16-18/h2-7H,1H3,(H,14,19). The second kappa shape index (κ2) is 5.17. The van der Waals surface area contributed by atoms with Crippen molar-refractivity contribution in [3.63, 3.8) is 0 Å². The number of anilines is 1. The first-order chi connectivity index (χ1) is 9.75. The molecular formula is C12H10N6OS. The predicted molar refractivity (Wildman–Crippen MR) is 74.0 cm³/mol. The number of amides is 1. The van der Waals surface area contributed by atoms with Crippen molar-refractivity contribution >= 4 is 23.1 Å². The molecule has 0 saturated heterocycles. The van der Waals surface area contributed by atoms with Gasteiger partial charge in [0.2, 0.25) is 0 Å². The van der Waals surface area contributed by atoms with Gasteiger partial charge in [-0.2, -0.15) is 0 Å². The van der Waals surface area contributed by atoms with E-state index >= 15 is 0 Å². The van der Waals surface area contributed by atoms with E-state index in [0.29, 0.717) is 16.3 Å². The quantitative estimate of drug-likeness (QED) is 0.791. The van der Waals surface area contributed by atoms with E-state index in [-0.39, 0.29) is 5.91 Å². The molecule has 2 heterocycles. The minimum atomic E-state index is -0.231. The van der Waals surface area contributed by atoms with Crippen LogP contribution in [-0.2, 0) is 0 Å². The van der Waals surface area contributed by atoms with Gasteiger partial charge in [0.05, 0.1) is 29.5 Å². The highest BCUT2D eigenvalue weighted by atomic mass is 32.1. The van der Waals surface area contributed by atoms with Crippen LogP contribution in [0, 0.1) is 6.92 Å². The van der Waals surface area contributed by atoms with E-state index in [1.54, 1.807) is 30.1 Å². The molecule has 0 fully saturated rings. The molecule has 1 aromatic carbocycles. The molecule has 0 aliphatic carbocycles. The summed E-state index contributed by atoms with van der Waals surface area (Å²) in [5.41, 5.74) is 2.01. The summed E-state index contributed by atoms with van der Waals surface area (Å²) in [5, 5.41) is 14.4. The Morgan fingerprint density at radius 3 is 2.90 bits per heavy atom. The van der Waals surface area contributed by atoms with Crippen molar-refractivity contribution in [3.8, 4) is 5.69 Å². The van der Waals surface area contributed by atoms with E-state index in [9.17, 15) is 4.79 Å². The van der Waals surface area contributed by atoms with Crippen molar-refractivity contribution in [2.75, 3.05) is 5.32 Å². The Balaban J connectivity index is 1.92. The lowest BCUT2D eigenvalue weighted by Crippen LogP contribution is -2.13. The van der Waals surface area contributed by atoms with Gasteiger partial charge in [-0.05, 0) is 30.6 Å². The lowest BCUT2D eigenvalue weighted by Gasteiger charge is -2.09. The maximum Gasteiger partial charge on any atom is 0.269 e. The molecule has 20 heavy (non-hydrogen) atoms. The van der Waals surface area contributed by atoms with Gasteiger partial charge in [0.15, 0.2) is 0 Å². The molecule has 7 nitrogen and oxygen atoms in total. The first-order valence-corrected chi connectivity index (χ1v) is 6.59. The van der Waals surface area contributed by atoms with Gasteiger partial charge in [-0.15, -0.1) is 10.2 Å². The second-order valence-corrected chi connectivity index (χ2v) is 4.76. The molecule has 0 saturated carbocycles. The maximum absolute atomic E-state index is 12.2. The van der Waals surface area contributed by atoms with E-state index in [1.807, 2.05) is 18.2 Å². The van der Waals surface area contributed by atoms with Gasteiger partial charge < -0.3 is 5.32 Å². The van der Waals surface area contributed by atoms with Crippen LogP contribution in [0.25, 0.3) is 5.69 Å². The smallest absolute Gasteiger partial charge is 0.269 e. The molecule has 0 aliphatic rings. The van der Waals surface area contributed by atoms with Gasteiger partial charge in [0, 0.05) is 0 Å². The highest BCUT2D eigenvalue weighted by Gasteiger charge is 2.15. The van der Waals surface area contributed by atoms with Gasteiger partial charge in [0.1, 0.15) is 4.88 Å². The average Bonchev–Trinajstić information content (AvgIpc) is 3.10. The molecule has 0 radical (unpaired) electrons. The van der Waals surface area contributed by atoms with Crippen molar-refractivity contribution in [3.05, 3.63) is 47.2 Å². The maximum atomic E-state index is 12.2. The fraction of sp³-hybridized carbons (Fsp3) is 0.0833. The van der Waals surface area contributed by atoms with Gasteiger partial charge in [0.25, 0.3) is 5.91 Å². The zero-order valence-corrected chi connectivity index (χ0v) is 11.3. The number of hydrogen-bond donors (Lipinski definition) is 1. The molecule has 0 bridgehead atoms.